The van der Waals surface area contributed by atoms with Gasteiger partial charge in [0.1, 0.15) is 12.6 Å². The molecule has 0 radical (unpaired) electrons. The topological polar surface area (TPSA) is 75.6 Å². The smallest absolute Gasteiger partial charge is 0.407 e. The molecule has 6 rings (SSSR count). The molecule has 1 atom stereocenters. The number of aliphatic carboxylic acids is 1. The largest absolute Gasteiger partial charge is 0.480 e. The normalized spacial score (nSPS) is 13.0. The molecule has 1 amide bonds. The fourth-order valence-electron chi connectivity index (χ4n) is 6.32. The lowest BCUT2D eigenvalue weighted by Crippen LogP contribution is -2.41. The Balaban J connectivity index is 1.12. The molecule has 0 spiro atoms. The number of fused-ring (bicyclic) bond motifs is 3. The summed E-state index contributed by atoms with van der Waals surface area (Å²) in [5.41, 5.74) is 7.95. The molecule has 2 N–H and O–H groups in total. The van der Waals surface area contributed by atoms with Crippen LogP contribution >= 0.6 is 11.8 Å². The summed E-state index contributed by atoms with van der Waals surface area (Å²) in [7, 11) is 0. The van der Waals surface area contributed by atoms with Crippen molar-refractivity contribution in [3.63, 3.8) is 0 Å². The maximum Gasteiger partial charge on any atom is 0.407 e. The molecule has 0 fully saturated rings. The first-order valence-electron chi connectivity index (χ1n) is 15.2. The minimum atomic E-state index is -1.08. The van der Waals surface area contributed by atoms with Crippen LogP contribution in [-0.4, -0.2) is 35.6 Å². The molecular formula is C39H35NO4S. The molecule has 5 aromatic rings. The lowest BCUT2D eigenvalue weighted by Gasteiger charge is -2.35. The van der Waals surface area contributed by atoms with E-state index in [1.807, 2.05) is 42.5 Å². The second-order valence-electron chi connectivity index (χ2n) is 11.1. The number of benzene rings is 5. The number of carbonyl (C=O) groups excluding carboxylic acids is 1. The summed E-state index contributed by atoms with van der Waals surface area (Å²) in [6.07, 6.45) is 0.143. The summed E-state index contributed by atoms with van der Waals surface area (Å²) >= 11 is 1.78. The lowest BCUT2D eigenvalue weighted by molar-refractivity contribution is -0.139. The highest BCUT2D eigenvalue weighted by Gasteiger charge is 2.37. The maximum absolute atomic E-state index is 12.9. The number of hydrogen-bond acceptors (Lipinski definition) is 4. The van der Waals surface area contributed by atoms with Crippen molar-refractivity contribution in [2.45, 2.75) is 29.5 Å². The summed E-state index contributed by atoms with van der Waals surface area (Å²) in [4.78, 5) is 25.1. The first kappa shape index (κ1) is 30.2. The predicted octanol–water partition coefficient (Wildman–Crippen LogP) is 8.48. The van der Waals surface area contributed by atoms with E-state index in [-0.39, 0.29) is 18.9 Å². The van der Waals surface area contributed by atoms with Crippen LogP contribution in [-0.2, 0) is 14.3 Å². The third kappa shape index (κ3) is 6.38. The molecule has 45 heavy (non-hydrogen) atoms. The van der Waals surface area contributed by atoms with E-state index >= 15 is 0 Å². The van der Waals surface area contributed by atoms with Gasteiger partial charge < -0.3 is 15.2 Å². The van der Waals surface area contributed by atoms with E-state index in [1.165, 1.54) is 0 Å². The third-order valence-corrected chi connectivity index (χ3v) is 10.1. The molecule has 0 saturated heterocycles. The van der Waals surface area contributed by atoms with Gasteiger partial charge in [0.15, 0.2) is 0 Å². The van der Waals surface area contributed by atoms with Crippen LogP contribution in [0.1, 0.15) is 46.6 Å². The molecule has 0 aromatic heterocycles. The van der Waals surface area contributed by atoms with Gasteiger partial charge in [0, 0.05) is 5.92 Å². The van der Waals surface area contributed by atoms with Crippen LogP contribution in [0.15, 0.2) is 140 Å². The van der Waals surface area contributed by atoms with Gasteiger partial charge in [-0.25, -0.2) is 9.59 Å². The minimum Gasteiger partial charge on any atom is -0.480 e. The maximum atomic E-state index is 12.9. The number of alkyl carbamates (subject to hydrolysis) is 1. The number of carboxylic acids is 1. The Labute approximate surface area is 268 Å². The van der Waals surface area contributed by atoms with E-state index in [9.17, 15) is 14.7 Å². The van der Waals surface area contributed by atoms with Crippen LogP contribution in [0, 0.1) is 0 Å². The number of thioether (sulfide) groups is 1. The number of ether oxygens (including phenoxy) is 1. The number of carbonyl (C=O) groups is 2. The van der Waals surface area contributed by atoms with Crippen LogP contribution in [0.4, 0.5) is 4.79 Å². The fraction of sp³-hybridized carbons (Fsp3) is 0.179. The molecule has 1 aliphatic rings. The standard InChI is InChI=1S/C39H35NO4S/c41-37(42)36(40-38(43)44-27-35-33-23-12-10-21-31(33)32-22-11-13-24-34(32)35)25-14-26-45-39(28-15-4-1-5-16-28,29-17-6-2-7-18-29)30-19-8-3-9-20-30/h1-13,15-24,35-36H,14,25-27H2,(H,40,43)(H,41,42)/t36-/m0/s1. The summed E-state index contributed by atoms with van der Waals surface area (Å²) in [5, 5.41) is 12.6. The molecule has 5 nitrogen and oxygen atoms in total. The zero-order valence-corrected chi connectivity index (χ0v) is 25.7. The molecule has 0 saturated carbocycles. The van der Waals surface area contributed by atoms with E-state index in [2.05, 4.69) is 102 Å². The van der Waals surface area contributed by atoms with E-state index < -0.39 is 22.9 Å². The van der Waals surface area contributed by atoms with Gasteiger partial charge in [0.05, 0.1) is 4.75 Å². The summed E-state index contributed by atoms with van der Waals surface area (Å²) in [6.45, 7) is 0.135. The Morgan fingerprint density at radius 2 is 1.13 bits per heavy atom. The van der Waals surface area contributed by atoms with Gasteiger partial charge in [-0.1, -0.05) is 140 Å². The zero-order valence-electron chi connectivity index (χ0n) is 24.8. The van der Waals surface area contributed by atoms with Crippen LogP contribution in [0.2, 0.25) is 0 Å². The van der Waals surface area contributed by atoms with Crippen molar-refractivity contribution < 1.29 is 19.4 Å². The number of rotatable bonds is 12. The molecular weight excluding hydrogens is 578 g/mol. The van der Waals surface area contributed by atoms with E-state index in [0.29, 0.717) is 12.2 Å². The highest BCUT2D eigenvalue weighted by Crippen LogP contribution is 2.49. The van der Waals surface area contributed by atoms with Gasteiger partial charge in [-0.3, -0.25) is 0 Å². The van der Waals surface area contributed by atoms with E-state index in [1.54, 1.807) is 11.8 Å². The number of amides is 1. The van der Waals surface area contributed by atoms with Crippen molar-refractivity contribution in [3.8, 4) is 11.1 Å². The van der Waals surface area contributed by atoms with Crippen molar-refractivity contribution in [2.75, 3.05) is 12.4 Å². The van der Waals surface area contributed by atoms with Crippen LogP contribution in [0.5, 0.6) is 0 Å². The first-order chi connectivity index (χ1) is 22.1. The van der Waals surface area contributed by atoms with Gasteiger partial charge in [-0.05, 0) is 57.5 Å². The van der Waals surface area contributed by atoms with Gasteiger partial charge in [0.2, 0.25) is 0 Å². The van der Waals surface area contributed by atoms with Gasteiger partial charge in [-0.2, -0.15) is 0 Å². The molecule has 0 bridgehead atoms. The lowest BCUT2D eigenvalue weighted by atomic mass is 9.84. The second-order valence-corrected chi connectivity index (χ2v) is 12.4. The number of carboxylic acid groups (broad SMARTS) is 1. The predicted molar refractivity (Wildman–Crippen MR) is 181 cm³/mol. The van der Waals surface area contributed by atoms with Crippen LogP contribution in [0.25, 0.3) is 11.1 Å². The quantitative estimate of drug-likeness (QED) is 0.109. The highest BCUT2D eigenvalue weighted by atomic mass is 32.2. The van der Waals surface area contributed by atoms with Gasteiger partial charge in [-0.15, -0.1) is 11.8 Å². The zero-order chi connectivity index (χ0) is 31.1. The average molecular weight is 614 g/mol. The first-order valence-corrected chi connectivity index (χ1v) is 16.2. The van der Waals surface area contributed by atoms with E-state index in [0.717, 1.165) is 38.9 Å². The molecule has 6 heteroatoms. The van der Waals surface area contributed by atoms with Gasteiger partial charge >= 0.3 is 12.1 Å². The summed E-state index contributed by atoms with van der Waals surface area (Å²) < 4.78 is 5.15. The van der Waals surface area contributed by atoms with Crippen LogP contribution < -0.4 is 5.32 Å². The highest BCUT2D eigenvalue weighted by molar-refractivity contribution is 8.00. The molecule has 226 valence electrons. The molecule has 0 aliphatic heterocycles. The Bertz CT molecular complexity index is 1600. The van der Waals surface area contributed by atoms with Gasteiger partial charge in [0.25, 0.3) is 0 Å². The molecule has 1 aliphatic carbocycles. The molecule has 0 heterocycles. The Morgan fingerprint density at radius 1 is 0.689 bits per heavy atom. The molecule has 5 aromatic carbocycles. The second kappa shape index (κ2) is 13.9. The Kier molecular flexibility index (Phi) is 9.32. The fourth-order valence-corrected chi connectivity index (χ4v) is 7.85. The minimum absolute atomic E-state index is 0.0927. The summed E-state index contributed by atoms with van der Waals surface area (Å²) in [6, 6.07) is 46.4. The SMILES string of the molecule is O=C(N[C@@H](CCCSC(c1ccccc1)(c1ccccc1)c1ccccc1)C(=O)O)OCC1c2ccccc2-c2ccccc21. The third-order valence-electron chi connectivity index (χ3n) is 8.43. The number of nitrogens with one attached hydrogen (secondary N) is 1. The monoisotopic (exact) mass is 613 g/mol. The van der Waals surface area contributed by atoms with Crippen molar-refractivity contribution in [2.24, 2.45) is 0 Å². The average Bonchev–Trinajstić information content (AvgIpc) is 3.41. The van der Waals surface area contributed by atoms with Crippen molar-refractivity contribution in [1.29, 1.82) is 0 Å². The summed E-state index contributed by atoms with van der Waals surface area (Å²) in [5.74, 6) is -0.492. The van der Waals surface area contributed by atoms with Crippen molar-refractivity contribution in [3.05, 3.63) is 167 Å². The van der Waals surface area contributed by atoms with Crippen molar-refractivity contribution in [1.82, 2.24) is 5.32 Å². The van der Waals surface area contributed by atoms with Crippen LogP contribution in [0.3, 0.4) is 0 Å². The Hall–Kier alpha value is -4.81. The molecule has 0 unspecified atom stereocenters. The van der Waals surface area contributed by atoms with E-state index in [4.69, 9.17) is 4.74 Å². The number of hydrogen-bond donors (Lipinski definition) is 2. The Morgan fingerprint density at radius 3 is 1.60 bits per heavy atom. The van der Waals surface area contributed by atoms with Crippen molar-refractivity contribution >= 4 is 23.8 Å².